The normalized spacial score (nSPS) is 10.5. The van der Waals surface area contributed by atoms with Gasteiger partial charge in [0.25, 0.3) is 0 Å². The number of hydrogen-bond acceptors (Lipinski definition) is 3. The van der Waals surface area contributed by atoms with Crippen LogP contribution in [-0.2, 0) is 13.0 Å². The maximum atomic E-state index is 10.9. The first-order valence-corrected chi connectivity index (χ1v) is 6.93. The van der Waals surface area contributed by atoms with E-state index >= 15 is 0 Å². The summed E-state index contributed by atoms with van der Waals surface area (Å²) in [6, 6.07) is 10.8. The minimum Gasteiger partial charge on any atom is -0.478 e. The van der Waals surface area contributed by atoms with Gasteiger partial charge in [-0.2, -0.15) is 0 Å². The zero-order valence-electron chi connectivity index (χ0n) is 11.9. The molecular weight excluding hydrogens is 278 g/mol. The van der Waals surface area contributed by atoms with E-state index < -0.39 is 5.97 Å². The fraction of sp³-hybridized carbons (Fsp3) is 0.118. The maximum Gasteiger partial charge on any atom is 0.335 e. The third kappa shape index (κ3) is 3.20. The van der Waals surface area contributed by atoms with Crippen molar-refractivity contribution in [1.82, 2.24) is 14.5 Å². The molecule has 0 saturated carbocycles. The highest BCUT2D eigenvalue weighted by atomic mass is 16.4. The first kappa shape index (κ1) is 14.0. The number of pyridine rings is 1. The highest BCUT2D eigenvalue weighted by molar-refractivity contribution is 5.87. The van der Waals surface area contributed by atoms with Crippen LogP contribution in [0.4, 0.5) is 0 Å². The van der Waals surface area contributed by atoms with E-state index in [0.29, 0.717) is 18.5 Å². The summed E-state index contributed by atoms with van der Waals surface area (Å²) in [7, 11) is 0. The van der Waals surface area contributed by atoms with Crippen LogP contribution < -0.4 is 0 Å². The summed E-state index contributed by atoms with van der Waals surface area (Å²) >= 11 is 0. The molecule has 1 aromatic carbocycles. The number of imidazole rings is 1. The number of carbonyl (C=O) groups is 1. The fourth-order valence-corrected chi connectivity index (χ4v) is 2.29. The van der Waals surface area contributed by atoms with Gasteiger partial charge in [-0.3, -0.25) is 4.98 Å². The second-order valence-electron chi connectivity index (χ2n) is 5.01. The SMILES string of the molecule is O=C(O)c1ccc(Cn2ccnc2Cc2cccnc2)cc1. The zero-order chi connectivity index (χ0) is 15.4. The fourth-order valence-electron chi connectivity index (χ4n) is 2.29. The van der Waals surface area contributed by atoms with Gasteiger partial charge in [-0.15, -0.1) is 0 Å². The summed E-state index contributed by atoms with van der Waals surface area (Å²) in [5.41, 5.74) is 2.44. The highest BCUT2D eigenvalue weighted by Crippen LogP contribution is 2.11. The molecule has 0 atom stereocenters. The molecular formula is C17H15N3O2. The molecule has 0 amide bonds. The van der Waals surface area contributed by atoms with E-state index in [1.54, 1.807) is 24.5 Å². The molecule has 110 valence electrons. The number of benzene rings is 1. The van der Waals surface area contributed by atoms with E-state index in [2.05, 4.69) is 14.5 Å². The van der Waals surface area contributed by atoms with Crippen molar-refractivity contribution in [3.8, 4) is 0 Å². The Morgan fingerprint density at radius 2 is 1.91 bits per heavy atom. The second-order valence-corrected chi connectivity index (χ2v) is 5.01. The molecule has 1 N–H and O–H groups in total. The lowest BCUT2D eigenvalue weighted by atomic mass is 10.1. The predicted octanol–water partition coefficient (Wildman–Crippen LogP) is 2.62. The van der Waals surface area contributed by atoms with E-state index in [0.717, 1.165) is 17.0 Å². The molecule has 5 nitrogen and oxygen atoms in total. The predicted molar refractivity (Wildman–Crippen MR) is 81.8 cm³/mol. The minimum absolute atomic E-state index is 0.296. The monoisotopic (exact) mass is 293 g/mol. The number of rotatable bonds is 5. The molecule has 2 aromatic heterocycles. The highest BCUT2D eigenvalue weighted by Gasteiger charge is 2.06. The van der Waals surface area contributed by atoms with Crippen molar-refractivity contribution >= 4 is 5.97 Å². The Morgan fingerprint density at radius 1 is 1.09 bits per heavy atom. The third-order valence-corrected chi connectivity index (χ3v) is 3.44. The Balaban J connectivity index is 1.76. The van der Waals surface area contributed by atoms with Gasteiger partial charge in [0.2, 0.25) is 0 Å². The number of hydrogen-bond donors (Lipinski definition) is 1. The van der Waals surface area contributed by atoms with E-state index in [9.17, 15) is 4.79 Å². The Hall–Kier alpha value is -2.95. The summed E-state index contributed by atoms with van der Waals surface area (Å²) in [5, 5.41) is 8.92. The number of carboxylic acid groups (broad SMARTS) is 1. The number of nitrogens with zero attached hydrogens (tertiary/aromatic N) is 3. The smallest absolute Gasteiger partial charge is 0.335 e. The van der Waals surface area contributed by atoms with Crippen LogP contribution in [0.3, 0.4) is 0 Å². The van der Waals surface area contributed by atoms with Crippen LogP contribution in [0.15, 0.2) is 61.2 Å². The van der Waals surface area contributed by atoms with Crippen LogP contribution in [0, 0.1) is 0 Å². The van der Waals surface area contributed by atoms with Crippen molar-refractivity contribution in [2.45, 2.75) is 13.0 Å². The van der Waals surface area contributed by atoms with Gasteiger partial charge in [0.1, 0.15) is 5.82 Å². The molecule has 3 rings (SSSR count). The van der Waals surface area contributed by atoms with Crippen molar-refractivity contribution in [1.29, 1.82) is 0 Å². The van der Waals surface area contributed by atoms with Crippen LogP contribution in [0.5, 0.6) is 0 Å². The zero-order valence-corrected chi connectivity index (χ0v) is 11.9. The van der Waals surface area contributed by atoms with Gasteiger partial charge in [-0.25, -0.2) is 9.78 Å². The van der Waals surface area contributed by atoms with Crippen LogP contribution in [0.1, 0.15) is 27.3 Å². The molecule has 0 radical (unpaired) electrons. The van der Waals surface area contributed by atoms with Gasteiger partial charge in [0.15, 0.2) is 0 Å². The first-order valence-electron chi connectivity index (χ1n) is 6.93. The van der Waals surface area contributed by atoms with E-state index in [-0.39, 0.29) is 0 Å². The average molecular weight is 293 g/mol. The number of carboxylic acids is 1. The lowest BCUT2D eigenvalue weighted by molar-refractivity contribution is 0.0697. The number of aromatic carboxylic acids is 1. The van der Waals surface area contributed by atoms with Gasteiger partial charge >= 0.3 is 5.97 Å². The molecule has 2 heterocycles. The molecule has 0 fully saturated rings. The average Bonchev–Trinajstić information content (AvgIpc) is 2.96. The molecule has 0 aliphatic heterocycles. The van der Waals surface area contributed by atoms with Crippen molar-refractivity contribution in [2.75, 3.05) is 0 Å². The quantitative estimate of drug-likeness (QED) is 0.785. The first-order chi connectivity index (χ1) is 10.7. The van der Waals surface area contributed by atoms with Crippen molar-refractivity contribution in [3.63, 3.8) is 0 Å². The third-order valence-electron chi connectivity index (χ3n) is 3.44. The maximum absolute atomic E-state index is 10.9. The topological polar surface area (TPSA) is 68.0 Å². The molecule has 0 unspecified atom stereocenters. The summed E-state index contributed by atoms with van der Waals surface area (Å²) in [6.45, 7) is 0.662. The molecule has 0 saturated heterocycles. The van der Waals surface area contributed by atoms with Gasteiger partial charge in [-0.05, 0) is 29.3 Å². The second kappa shape index (κ2) is 6.22. The van der Waals surface area contributed by atoms with Gasteiger partial charge in [0.05, 0.1) is 5.56 Å². The largest absolute Gasteiger partial charge is 0.478 e. The lowest BCUT2D eigenvalue weighted by Crippen LogP contribution is -2.06. The summed E-state index contributed by atoms with van der Waals surface area (Å²) in [4.78, 5) is 19.4. The molecule has 22 heavy (non-hydrogen) atoms. The van der Waals surface area contributed by atoms with E-state index in [1.807, 2.05) is 36.7 Å². The Morgan fingerprint density at radius 3 is 2.59 bits per heavy atom. The molecule has 3 aromatic rings. The minimum atomic E-state index is -0.911. The van der Waals surface area contributed by atoms with Crippen molar-refractivity contribution in [2.24, 2.45) is 0 Å². The summed E-state index contributed by atoms with van der Waals surface area (Å²) in [5.74, 6) is 0.0433. The Labute approximate surface area is 127 Å². The molecule has 0 spiro atoms. The summed E-state index contributed by atoms with van der Waals surface area (Å²) in [6.07, 6.45) is 8.00. The Bertz CT molecular complexity index is 764. The van der Waals surface area contributed by atoms with E-state index in [1.165, 1.54) is 0 Å². The molecule has 5 heteroatoms. The van der Waals surface area contributed by atoms with Crippen LogP contribution in [-0.4, -0.2) is 25.6 Å². The van der Waals surface area contributed by atoms with Gasteiger partial charge < -0.3 is 9.67 Å². The Kier molecular flexibility index (Phi) is 3.96. The van der Waals surface area contributed by atoms with Gasteiger partial charge in [-0.1, -0.05) is 18.2 Å². The van der Waals surface area contributed by atoms with Gasteiger partial charge in [0, 0.05) is 37.8 Å². The van der Waals surface area contributed by atoms with Crippen molar-refractivity contribution < 1.29 is 9.90 Å². The van der Waals surface area contributed by atoms with Crippen LogP contribution >= 0.6 is 0 Å². The van der Waals surface area contributed by atoms with Crippen LogP contribution in [0.2, 0.25) is 0 Å². The molecule has 0 bridgehead atoms. The standard InChI is InChI=1S/C17H15N3O2/c21-17(22)15-5-3-13(4-6-15)12-20-9-8-19-16(20)10-14-2-1-7-18-11-14/h1-9,11H,10,12H2,(H,21,22). The number of aromatic nitrogens is 3. The molecule has 0 aliphatic carbocycles. The van der Waals surface area contributed by atoms with Crippen molar-refractivity contribution in [3.05, 3.63) is 83.7 Å². The van der Waals surface area contributed by atoms with Crippen LogP contribution in [0.25, 0.3) is 0 Å². The summed E-state index contributed by atoms with van der Waals surface area (Å²) < 4.78 is 2.06. The lowest BCUT2D eigenvalue weighted by Gasteiger charge is -2.08. The van der Waals surface area contributed by atoms with E-state index in [4.69, 9.17) is 5.11 Å². The molecule has 0 aliphatic rings.